The van der Waals surface area contributed by atoms with E-state index in [1.807, 2.05) is 43.7 Å². The lowest BCUT2D eigenvalue weighted by Crippen LogP contribution is -2.25. The maximum atomic E-state index is 12.4. The van der Waals surface area contributed by atoms with Gasteiger partial charge in [0.05, 0.1) is 17.9 Å². The summed E-state index contributed by atoms with van der Waals surface area (Å²) in [5, 5.41) is 11.8. The minimum atomic E-state index is -0.127. The number of carbonyl (C=O) groups is 1. The van der Waals surface area contributed by atoms with Gasteiger partial charge in [-0.25, -0.2) is 0 Å². The molecular weight excluding hydrogens is 314 g/mol. The van der Waals surface area contributed by atoms with Gasteiger partial charge in [0, 0.05) is 24.8 Å². The minimum Gasteiger partial charge on any atom is -0.346 e. The van der Waals surface area contributed by atoms with E-state index in [0.717, 1.165) is 29.2 Å². The van der Waals surface area contributed by atoms with Gasteiger partial charge >= 0.3 is 0 Å². The van der Waals surface area contributed by atoms with E-state index in [0.29, 0.717) is 12.2 Å². The van der Waals surface area contributed by atoms with Crippen molar-refractivity contribution in [1.82, 2.24) is 24.9 Å². The summed E-state index contributed by atoms with van der Waals surface area (Å²) in [7, 11) is 1.77. The van der Waals surface area contributed by atoms with E-state index in [1.54, 1.807) is 17.8 Å². The van der Waals surface area contributed by atoms with Crippen LogP contribution in [0.5, 0.6) is 0 Å². The molecule has 0 atom stereocenters. The highest BCUT2D eigenvalue weighted by Crippen LogP contribution is 2.15. The number of carbonyl (C=O) groups excluding carboxylic acids is 1. The average Bonchev–Trinajstić information content (AvgIpc) is 3.05. The molecule has 6 heteroatoms. The van der Waals surface area contributed by atoms with Crippen LogP contribution in [-0.2, 0) is 20.1 Å². The molecule has 0 spiro atoms. The Bertz CT molecular complexity index is 892. The summed E-state index contributed by atoms with van der Waals surface area (Å²) >= 11 is 0. The number of nitrogens with zero attached hydrogens (tertiary/aromatic N) is 4. The molecule has 3 rings (SSSR count). The van der Waals surface area contributed by atoms with Crippen LogP contribution in [0.15, 0.2) is 36.4 Å². The van der Waals surface area contributed by atoms with Gasteiger partial charge in [-0.1, -0.05) is 30.3 Å². The lowest BCUT2D eigenvalue weighted by Gasteiger charge is -2.07. The van der Waals surface area contributed by atoms with E-state index >= 15 is 0 Å². The zero-order chi connectivity index (χ0) is 18.0. The Labute approximate surface area is 147 Å². The number of amides is 1. The summed E-state index contributed by atoms with van der Waals surface area (Å²) in [4.78, 5) is 12.4. The highest BCUT2D eigenvalue weighted by atomic mass is 16.2. The standard InChI is InChI=1S/C19H23N5O/c1-13-10-18(23(4)21-13)19(25)20-11-17-14(2)22-24(15(17)3)12-16-8-6-5-7-9-16/h5-10H,11-12H2,1-4H3,(H,20,25). The van der Waals surface area contributed by atoms with Crippen LogP contribution in [0, 0.1) is 20.8 Å². The van der Waals surface area contributed by atoms with Crippen LogP contribution in [-0.4, -0.2) is 25.5 Å². The quantitative estimate of drug-likeness (QED) is 0.778. The van der Waals surface area contributed by atoms with Crippen molar-refractivity contribution in [3.8, 4) is 0 Å². The Morgan fingerprint density at radius 1 is 1.12 bits per heavy atom. The van der Waals surface area contributed by atoms with Crippen LogP contribution in [0.4, 0.5) is 0 Å². The van der Waals surface area contributed by atoms with Gasteiger partial charge in [-0.2, -0.15) is 10.2 Å². The molecule has 0 bridgehead atoms. The van der Waals surface area contributed by atoms with Gasteiger partial charge in [-0.3, -0.25) is 14.2 Å². The van der Waals surface area contributed by atoms with Crippen molar-refractivity contribution in [3.63, 3.8) is 0 Å². The van der Waals surface area contributed by atoms with Gasteiger partial charge in [-0.05, 0) is 32.4 Å². The highest BCUT2D eigenvalue weighted by molar-refractivity contribution is 5.92. The van der Waals surface area contributed by atoms with Crippen LogP contribution in [0.25, 0.3) is 0 Å². The third-order valence-corrected chi connectivity index (χ3v) is 4.37. The molecule has 0 aliphatic heterocycles. The van der Waals surface area contributed by atoms with Gasteiger partial charge in [0.1, 0.15) is 5.69 Å². The molecule has 0 saturated heterocycles. The highest BCUT2D eigenvalue weighted by Gasteiger charge is 2.15. The second kappa shape index (κ2) is 6.93. The third-order valence-electron chi connectivity index (χ3n) is 4.37. The first-order valence-corrected chi connectivity index (χ1v) is 8.31. The lowest BCUT2D eigenvalue weighted by molar-refractivity contribution is 0.0941. The molecule has 3 aromatic rings. The first-order valence-electron chi connectivity index (χ1n) is 8.31. The second-order valence-electron chi connectivity index (χ2n) is 6.27. The van der Waals surface area contributed by atoms with Gasteiger partial charge in [-0.15, -0.1) is 0 Å². The fourth-order valence-corrected chi connectivity index (χ4v) is 2.98. The van der Waals surface area contributed by atoms with E-state index < -0.39 is 0 Å². The number of benzene rings is 1. The lowest BCUT2D eigenvalue weighted by atomic mass is 10.2. The molecule has 1 N–H and O–H groups in total. The Kier molecular flexibility index (Phi) is 4.70. The fourth-order valence-electron chi connectivity index (χ4n) is 2.98. The molecule has 0 aliphatic carbocycles. The van der Waals surface area contributed by atoms with Crippen molar-refractivity contribution >= 4 is 5.91 Å². The van der Waals surface area contributed by atoms with Gasteiger partial charge < -0.3 is 5.32 Å². The van der Waals surface area contributed by atoms with E-state index in [4.69, 9.17) is 0 Å². The Morgan fingerprint density at radius 3 is 2.48 bits per heavy atom. The molecule has 0 aliphatic rings. The van der Waals surface area contributed by atoms with Crippen LogP contribution in [0.3, 0.4) is 0 Å². The van der Waals surface area contributed by atoms with Crippen molar-refractivity contribution < 1.29 is 4.79 Å². The number of aryl methyl sites for hydroxylation is 3. The topological polar surface area (TPSA) is 64.7 Å². The molecule has 0 radical (unpaired) electrons. The second-order valence-corrected chi connectivity index (χ2v) is 6.27. The molecule has 0 saturated carbocycles. The summed E-state index contributed by atoms with van der Waals surface area (Å²) in [6.07, 6.45) is 0. The Morgan fingerprint density at radius 2 is 1.84 bits per heavy atom. The van der Waals surface area contributed by atoms with Crippen molar-refractivity contribution in [3.05, 3.63) is 70.3 Å². The molecule has 0 unspecified atom stereocenters. The summed E-state index contributed by atoms with van der Waals surface area (Å²) < 4.78 is 3.59. The van der Waals surface area contributed by atoms with E-state index in [2.05, 4.69) is 27.6 Å². The largest absolute Gasteiger partial charge is 0.346 e. The van der Waals surface area contributed by atoms with Gasteiger partial charge in [0.25, 0.3) is 5.91 Å². The maximum Gasteiger partial charge on any atom is 0.269 e. The molecule has 6 nitrogen and oxygen atoms in total. The van der Waals surface area contributed by atoms with Gasteiger partial charge in [0.2, 0.25) is 0 Å². The Hall–Kier alpha value is -2.89. The van der Waals surface area contributed by atoms with Crippen LogP contribution >= 0.6 is 0 Å². The number of nitrogens with one attached hydrogen (secondary N) is 1. The van der Waals surface area contributed by atoms with Crippen molar-refractivity contribution in [2.75, 3.05) is 0 Å². The van der Waals surface area contributed by atoms with Crippen molar-refractivity contribution in [2.24, 2.45) is 7.05 Å². The van der Waals surface area contributed by atoms with E-state index in [9.17, 15) is 4.79 Å². The maximum absolute atomic E-state index is 12.4. The summed E-state index contributed by atoms with van der Waals surface area (Å²) in [5.41, 5.74) is 5.66. The average molecular weight is 337 g/mol. The zero-order valence-corrected chi connectivity index (χ0v) is 15.1. The van der Waals surface area contributed by atoms with Gasteiger partial charge in [0.15, 0.2) is 0 Å². The number of hydrogen-bond acceptors (Lipinski definition) is 3. The zero-order valence-electron chi connectivity index (χ0n) is 15.1. The molecule has 1 aromatic carbocycles. The predicted octanol–water partition coefficient (Wildman–Crippen LogP) is 2.52. The molecule has 1 amide bonds. The van der Waals surface area contributed by atoms with E-state index in [-0.39, 0.29) is 5.91 Å². The van der Waals surface area contributed by atoms with Crippen molar-refractivity contribution in [1.29, 1.82) is 0 Å². The van der Waals surface area contributed by atoms with Crippen LogP contribution in [0.2, 0.25) is 0 Å². The van der Waals surface area contributed by atoms with Crippen molar-refractivity contribution in [2.45, 2.75) is 33.9 Å². The van der Waals surface area contributed by atoms with E-state index in [1.165, 1.54) is 5.56 Å². The molecule has 2 aromatic heterocycles. The van der Waals surface area contributed by atoms with Crippen LogP contribution < -0.4 is 5.32 Å². The van der Waals surface area contributed by atoms with Crippen LogP contribution in [0.1, 0.15) is 38.7 Å². The summed E-state index contributed by atoms with van der Waals surface area (Å²) in [6, 6.07) is 12.0. The predicted molar refractivity (Wildman–Crippen MR) is 96.4 cm³/mol. The first kappa shape index (κ1) is 17.0. The summed E-state index contributed by atoms with van der Waals surface area (Å²) in [5.74, 6) is -0.127. The first-order chi connectivity index (χ1) is 12.0. The molecule has 130 valence electrons. The minimum absolute atomic E-state index is 0.127. The third kappa shape index (κ3) is 3.63. The molecule has 0 fully saturated rings. The SMILES string of the molecule is Cc1cc(C(=O)NCc2c(C)nn(Cc3ccccc3)c2C)n(C)n1. The molecule has 25 heavy (non-hydrogen) atoms. The monoisotopic (exact) mass is 337 g/mol. The smallest absolute Gasteiger partial charge is 0.269 e. The Balaban J connectivity index is 1.73. The summed E-state index contributed by atoms with van der Waals surface area (Å²) in [6.45, 7) is 7.07. The number of hydrogen-bond donors (Lipinski definition) is 1. The fraction of sp³-hybridized carbons (Fsp3) is 0.316. The molecular formula is C19H23N5O. The number of rotatable bonds is 5. The number of aromatic nitrogens is 4. The molecule has 2 heterocycles. The normalized spacial score (nSPS) is 10.9.